The van der Waals surface area contributed by atoms with Gasteiger partial charge in [0, 0.05) is 0 Å². The maximum absolute atomic E-state index is 14.1. The second kappa shape index (κ2) is 9.00. The molecule has 4 nitrogen and oxygen atoms in total. The van der Waals surface area contributed by atoms with Gasteiger partial charge in [0.2, 0.25) is 0 Å². The number of hydrogen-bond acceptors (Lipinski definition) is 3. The Morgan fingerprint density at radius 1 is 1.16 bits per heavy atom. The molecule has 0 spiro atoms. The summed E-state index contributed by atoms with van der Waals surface area (Å²) in [6, 6.07) is 7.17. The van der Waals surface area contributed by atoms with Crippen LogP contribution in [0.2, 0.25) is 5.02 Å². The Morgan fingerprint density at radius 2 is 1.81 bits per heavy atom. The van der Waals surface area contributed by atoms with E-state index in [2.05, 4.69) is 10.1 Å². The first-order valence-electron chi connectivity index (χ1n) is 9.46. The summed E-state index contributed by atoms with van der Waals surface area (Å²) in [4.78, 5) is 12.9. The summed E-state index contributed by atoms with van der Waals surface area (Å²) >= 11 is 6.06. The SMILES string of the molecule is O=C(NC(c1cccc(F)c1Cl)[C@]1(O)CC[C@@H](F)CC1)c1ccccc1OC(F)(F)F. The summed E-state index contributed by atoms with van der Waals surface area (Å²) in [6.07, 6.45) is -6.29. The molecule has 1 unspecified atom stereocenters. The average molecular weight is 464 g/mol. The van der Waals surface area contributed by atoms with E-state index in [1.807, 2.05) is 0 Å². The van der Waals surface area contributed by atoms with Gasteiger partial charge in [-0.2, -0.15) is 0 Å². The third-order valence-corrected chi connectivity index (χ3v) is 5.64. The molecule has 31 heavy (non-hydrogen) atoms. The number of nitrogens with one attached hydrogen (secondary N) is 1. The van der Waals surface area contributed by atoms with Crippen molar-refractivity contribution in [3.8, 4) is 5.75 Å². The van der Waals surface area contributed by atoms with Gasteiger partial charge in [-0.05, 0) is 49.4 Å². The minimum atomic E-state index is -5.03. The van der Waals surface area contributed by atoms with Crippen LogP contribution in [-0.4, -0.2) is 29.1 Å². The van der Waals surface area contributed by atoms with Crippen LogP contribution >= 0.6 is 11.6 Å². The van der Waals surface area contributed by atoms with Crippen molar-refractivity contribution in [3.63, 3.8) is 0 Å². The van der Waals surface area contributed by atoms with Crippen molar-refractivity contribution < 1.29 is 36.6 Å². The Labute approximate surface area is 180 Å². The molecule has 0 bridgehead atoms. The first-order valence-corrected chi connectivity index (χ1v) is 9.84. The minimum Gasteiger partial charge on any atom is -0.405 e. The lowest BCUT2D eigenvalue weighted by molar-refractivity contribution is -0.274. The van der Waals surface area contributed by atoms with Crippen molar-refractivity contribution in [2.24, 2.45) is 0 Å². The van der Waals surface area contributed by atoms with Gasteiger partial charge in [0.25, 0.3) is 5.91 Å². The van der Waals surface area contributed by atoms with E-state index < -0.39 is 47.2 Å². The van der Waals surface area contributed by atoms with Crippen LogP contribution in [0, 0.1) is 5.82 Å². The van der Waals surface area contributed by atoms with Gasteiger partial charge in [0.15, 0.2) is 0 Å². The molecule has 1 aliphatic rings. The standard InChI is InChI=1S/C21H19ClF5NO3/c22-17-14(5-3-6-15(17)24)18(20(30)10-8-12(23)9-11-20)28-19(29)13-4-1-2-7-16(13)31-21(25,26)27/h1-7,12,18,30H,8-11H2,(H,28,29)/t12-,18?,20+. The van der Waals surface area contributed by atoms with Gasteiger partial charge in [0.1, 0.15) is 17.7 Å². The normalized spacial score (nSPS) is 22.6. The molecule has 3 rings (SSSR count). The van der Waals surface area contributed by atoms with Crippen molar-refractivity contribution in [2.45, 2.75) is 49.9 Å². The smallest absolute Gasteiger partial charge is 0.405 e. The fourth-order valence-corrected chi connectivity index (χ4v) is 3.93. The molecule has 168 valence electrons. The van der Waals surface area contributed by atoms with Crippen LogP contribution in [0.25, 0.3) is 0 Å². The molecule has 2 aromatic carbocycles. The topological polar surface area (TPSA) is 58.6 Å². The third kappa shape index (κ3) is 5.46. The summed E-state index contributed by atoms with van der Waals surface area (Å²) in [7, 11) is 0. The highest BCUT2D eigenvalue weighted by molar-refractivity contribution is 6.31. The summed E-state index contributed by atoms with van der Waals surface area (Å²) in [5.41, 5.74) is -2.10. The van der Waals surface area contributed by atoms with Crippen molar-refractivity contribution >= 4 is 17.5 Å². The molecule has 2 N–H and O–H groups in total. The molecule has 1 amide bonds. The van der Waals surface area contributed by atoms with Crippen molar-refractivity contribution in [1.29, 1.82) is 0 Å². The van der Waals surface area contributed by atoms with Crippen molar-refractivity contribution in [3.05, 3.63) is 64.4 Å². The number of amides is 1. The molecule has 0 aromatic heterocycles. The van der Waals surface area contributed by atoms with Crippen LogP contribution in [0.5, 0.6) is 5.75 Å². The van der Waals surface area contributed by atoms with Gasteiger partial charge < -0.3 is 15.2 Å². The number of ether oxygens (including phenoxy) is 1. The van der Waals surface area contributed by atoms with Crippen molar-refractivity contribution in [1.82, 2.24) is 5.32 Å². The van der Waals surface area contributed by atoms with Crippen molar-refractivity contribution in [2.75, 3.05) is 0 Å². The second-order valence-corrected chi connectivity index (χ2v) is 7.75. The molecule has 1 aliphatic carbocycles. The predicted molar refractivity (Wildman–Crippen MR) is 103 cm³/mol. The van der Waals surface area contributed by atoms with Gasteiger partial charge >= 0.3 is 6.36 Å². The van der Waals surface area contributed by atoms with E-state index in [1.165, 1.54) is 24.3 Å². The number of hydrogen-bond donors (Lipinski definition) is 2. The zero-order valence-corrected chi connectivity index (χ0v) is 16.8. The van der Waals surface area contributed by atoms with E-state index in [-0.39, 0.29) is 36.3 Å². The lowest BCUT2D eigenvalue weighted by Gasteiger charge is -2.41. The van der Waals surface area contributed by atoms with Gasteiger partial charge in [-0.25, -0.2) is 8.78 Å². The number of carbonyl (C=O) groups excluding carboxylic acids is 1. The minimum absolute atomic E-state index is 0.00355. The van der Waals surface area contributed by atoms with Crippen LogP contribution < -0.4 is 10.1 Å². The Bertz CT molecular complexity index is 945. The third-order valence-electron chi connectivity index (χ3n) is 5.24. The van der Waals surface area contributed by atoms with Crippen LogP contribution in [-0.2, 0) is 0 Å². The lowest BCUT2D eigenvalue weighted by atomic mass is 9.76. The van der Waals surface area contributed by atoms with E-state index in [1.54, 1.807) is 0 Å². The quantitative estimate of drug-likeness (QED) is 0.576. The number of aliphatic hydroxyl groups is 1. The van der Waals surface area contributed by atoms with E-state index in [4.69, 9.17) is 11.6 Å². The summed E-state index contributed by atoms with van der Waals surface area (Å²) in [6.45, 7) is 0. The fourth-order valence-electron chi connectivity index (χ4n) is 3.69. The molecule has 0 radical (unpaired) electrons. The Balaban J connectivity index is 1.98. The average Bonchev–Trinajstić information content (AvgIpc) is 2.70. The van der Waals surface area contributed by atoms with E-state index in [0.29, 0.717) is 0 Å². The lowest BCUT2D eigenvalue weighted by Crippen LogP contribution is -2.48. The first kappa shape index (κ1) is 23.3. The van der Waals surface area contributed by atoms with E-state index >= 15 is 0 Å². The van der Waals surface area contributed by atoms with Crippen LogP contribution in [0.4, 0.5) is 22.0 Å². The predicted octanol–water partition coefficient (Wildman–Crippen LogP) is 5.49. The summed E-state index contributed by atoms with van der Waals surface area (Å²) in [5.74, 6) is -2.54. The van der Waals surface area contributed by atoms with Crippen LogP contribution in [0.15, 0.2) is 42.5 Å². The molecular formula is C21H19ClF5NO3. The summed E-state index contributed by atoms with van der Waals surface area (Å²) < 4.78 is 69.8. The number of benzene rings is 2. The molecule has 0 heterocycles. The van der Waals surface area contributed by atoms with E-state index in [9.17, 15) is 31.9 Å². The molecular weight excluding hydrogens is 445 g/mol. The first-order chi connectivity index (χ1) is 14.5. The number of para-hydroxylation sites is 1. The highest BCUT2D eigenvalue weighted by atomic mass is 35.5. The highest BCUT2D eigenvalue weighted by Crippen LogP contribution is 2.42. The Kier molecular flexibility index (Phi) is 6.76. The highest BCUT2D eigenvalue weighted by Gasteiger charge is 2.43. The molecule has 2 aromatic rings. The molecule has 0 aliphatic heterocycles. The Morgan fingerprint density at radius 3 is 2.45 bits per heavy atom. The molecule has 1 fully saturated rings. The monoisotopic (exact) mass is 463 g/mol. The van der Waals surface area contributed by atoms with Crippen LogP contribution in [0.3, 0.4) is 0 Å². The molecule has 0 saturated heterocycles. The molecule has 10 heteroatoms. The largest absolute Gasteiger partial charge is 0.573 e. The maximum Gasteiger partial charge on any atom is 0.573 e. The zero-order valence-electron chi connectivity index (χ0n) is 16.1. The van der Waals surface area contributed by atoms with E-state index in [0.717, 1.165) is 18.2 Å². The van der Waals surface area contributed by atoms with Crippen LogP contribution in [0.1, 0.15) is 47.6 Å². The van der Waals surface area contributed by atoms with Gasteiger partial charge in [-0.3, -0.25) is 4.79 Å². The summed E-state index contributed by atoms with van der Waals surface area (Å²) in [5, 5.41) is 13.3. The molecule has 1 saturated carbocycles. The van der Waals surface area contributed by atoms with Gasteiger partial charge in [0.05, 0.1) is 22.2 Å². The zero-order chi connectivity index (χ0) is 22.8. The second-order valence-electron chi connectivity index (χ2n) is 7.37. The number of halogens is 6. The van der Waals surface area contributed by atoms with Gasteiger partial charge in [-0.15, -0.1) is 13.2 Å². The van der Waals surface area contributed by atoms with Gasteiger partial charge in [-0.1, -0.05) is 35.9 Å². The fraction of sp³-hybridized carbons (Fsp3) is 0.381. The number of rotatable bonds is 5. The number of alkyl halides is 4. The number of carbonyl (C=O) groups is 1. The molecule has 1 atom stereocenters. The Hall–Kier alpha value is -2.39. The maximum atomic E-state index is 14.1.